The molecular weight excluding hydrogens is 617 g/mol. The number of aromatic nitrogens is 6. The van der Waals surface area contributed by atoms with E-state index in [4.69, 9.17) is 0 Å². The fourth-order valence-corrected chi connectivity index (χ4v) is 6.19. The van der Waals surface area contributed by atoms with Gasteiger partial charge < -0.3 is 10.3 Å². The second-order valence-corrected chi connectivity index (χ2v) is 13.7. The van der Waals surface area contributed by atoms with Crippen molar-refractivity contribution < 1.29 is 17.6 Å². The fraction of sp³-hybridized carbons (Fsp3) is 0.114. The zero-order valence-electron chi connectivity index (χ0n) is 25.2. The number of amides is 1. The third kappa shape index (κ3) is 6.63. The molecule has 0 unspecified atom stereocenters. The summed E-state index contributed by atoms with van der Waals surface area (Å²) in [7, 11) is -3.20. The molecule has 0 bridgehead atoms. The molecule has 1 amide bonds. The van der Waals surface area contributed by atoms with Crippen molar-refractivity contribution in [2.24, 2.45) is 0 Å². The molecule has 0 saturated heterocycles. The summed E-state index contributed by atoms with van der Waals surface area (Å²) in [6.45, 7) is 0. The van der Waals surface area contributed by atoms with E-state index in [-0.39, 0.29) is 24.5 Å². The minimum Gasteiger partial charge on any atom is -0.338 e. The number of fused-ring (bicyclic) bond motifs is 2. The maximum Gasteiger partial charge on any atom is 0.228 e. The Morgan fingerprint density at radius 2 is 1.70 bits per heavy atom. The number of nitrogens with zero attached hydrogens (tertiary/aromatic N) is 4. The largest absolute Gasteiger partial charge is 0.338 e. The van der Waals surface area contributed by atoms with E-state index in [1.807, 2.05) is 54.6 Å². The number of nitrogens with one attached hydrogen (secondary N) is 3. The van der Waals surface area contributed by atoms with Crippen LogP contribution in [0.5, 0.6) is 0 Å². The first-order valence-electron chi connectivity index (χ1n) is 14.8. The summed E-state index contributed by atoms with van der Waals surface area (Å²) < 4.78 is 38.1. The predicted octanol–water partition coefficient (Wildman–Crippen LogP) is 6.14. The van der Waals surface area contributed by atoms with Crippen molar-refractivity contribution in [3.63, 3.8) is 0 Å². The van der Waals surface area contributed by atoms with Crippen LogP contribution in [0.25, 0.3) is 55.7 Å². The molecule has 0 spiro atoms. The Labute approximate surface area is 269 Å². The number of carbonyl (C=O) groups is 1. The van der Waals surface area contributed by atoms with Gasteiger partial charge in [0.2, 0.25) is 5.91 Å². The van der Waals surface area contributed by atoms with Crippen molar-refractivity contribution in [3.8, 4) is 33.6 Å². The average Bonchev–Trinajstić information content (AvgIpc) is 3.68. The maximum absolute atomic E-state index is 14.7. The summed E-state index contributed by atoms with van der Waals surface area (Å²) in [5.74, 6) is -0.655. The zero-order valence-corrected chi connectivity index (χ0v) is 26.0. The van der Waals surface area contributed by atoms with E-state index < -0.39 is 15.7 Å². The highest BCUT2D eigenvalue weighted by Gasteiger charge is 2.17. The van der Waals surface area contributed by atoms with E-state index in [0.29, 0.717) is 39.5 Å². The lowest BCUT2D eigenvalue weighted by Gasteiger charge is -2.08. The number of H-pyrrole nitrogens is 2. The Bertz CT molecular complexity index is 2390. The van der Waals surface area contributed by atoms with Crippen LogP contribution in [0.2, 0.25) is 0 Å². The topological polar surface area (TPSA) is 146 Å². The Kier molecular flexibility index (Phi) is 7.78. The summed E-state index contributed by atoms with van der Waals surface area (Å²) in [6.07, 6.45) is 8.28. The van der Waals surface area contributed by atoms with Crippen molar-refractivity contribution >= 4 is 43.5 Å². The molecule has 5 heterocycles. The molecule has 7 rings (SSSR count). The van der Waals surface area contributed by atoms with Gasteiger partial charge in [-0.25, -0.2) is 22.8 Å². The number of carbonyl (C=O) groups excluding carboxylic acids is 1. The van der Waals surface area contributed by atoms with Crippen LogP contribution >= 0.6 is 0 Å². The van der Waals surface area contributed by atoms with Gasteiger partial charge in [0, 0.05) is 46.7 Å². The van der Waals surface area contributed by atoms with Crippen molar-refractivity contribution in [1.29, 1.82) is 0 Å². The smallest absolute Gasteiger partial charge is 0.228 e. The first-order valence-corrected chi connectivity index (χ1v) is 16.8. The molecular formula is C35H28FN7O3S. The monoisotopic (exact) mass is 645 g/mol. The van der Waals surface area contributed by atoms with Crippen molar-refractivity contribution in [1.82, 2.24) is 30.1 Å². The molecule has 12 heteroatoms. The van der Waals surface area contributed by atoms with Crippen LogP contribution in [0.4, 0.5) is 10.1 Å². The predicted molar refractivity (Wildman–Crippen MR) is 180 cm³/mol. The number of aryl methyl sites for hydroxylation is 1. The van der Waals surface area contributed by atoms with Gasteiger partial charge in [0.15, 0.2) is 5.65 Å². The van der Waals surface area contributed by atoms with Gasteiger partial charge in [-0.2, -0.15) is 5.10 Å². The van der Waals surface area contributed by atoms with Gasteiger partial charge >= 0.3 is 0 Å². The van der Waals surface area contributed by atoms with E-state index in [9.17, 15) is 17.6 Å². The summed E-state index contributed by atoms with van der Waals surface area (Å²) in [4.78, 5) is 29.4. The molecule has 7 aromatic rings. The first-order chi connectivity index (χ1) is 22.7. The van der Waals surface area contributed by atoms with Gasteiger partial charge in [-0.3, -0.25) is 14.9 Å². The summed E-state index contributed by atoms with van der Waals surface area (Å²) >= 11 is 0. The molecule has 234 valence electrons. The third-order valence-electron chi connectivity index (χ3n) is 7.80. The number of hydrogen-bond donors (Lipinski definition) is 3. The summed E-state index contributed by atoms with van der Waals surface area (Å²) in [5.41, 5.74) is 7.49. The lowest BCUT2D eigenvalue weighted by atomic mass is 10.00. The van der Waals surface area contributed by atoms with Gasteiger partial charge in [-0.1, -0.05) is 36.4 Å². The van der Waals surface area contributed by atoms with Crippen LogP contribution in [0.15, 0.2) is 97.6 Å². The standard InChI is InChI=1S/C35H28FN7O3S/c1-47(45,46)10-8-22-11-23(14-26(36)12-22)28-7-9-38-34-29(28)17-31(41-34)33-30-16-25(19-39-35(30)43-42-33)24-15-27(20-37-18-24)40-32(44)13-21-5-3-2-4-6-21/h2-7,9,11-12,14-20H,8,10,13H2,1H3,(H,38,41)(H,40,44)(H,39,42,43). The first kappa shape index (κ1) is 29.9. The Balaban J connectivity index is 1.20. The molecule has 47 heavy (non-hydrogen) atoms. The Morgan fingerprint density at radius 3 is 2.53 bits per heavy atom. The van der Waals surface area contributed by atoms with E-state index in [2.05, 4.69) is 35.5 Å². The average molecular weight is 646 g/mol. The number of aromatic amines is 2. The molecule has 0 aliphatic carbocycles. The van der Waals surface area contributed by atoms with Crippen LogP contribution in [-0.4, -0.2) is 56.5 Å². The highest BCUT2D eigenvalue weighted by molar-refractivity contribution is 7.90. The number of pyridine rings is 3. The van der Waals surface area contributed by atoms with Gasteiger partial charge in [-0.05, 0) is 65.1 Å². The molecule has 0 fully saturated rings. The molecule has 2 aromatic carbocycles. The van der Waals surface area contributed by atoms with Crippen molar-refractivity contribution in [2.45, 2.75) is 12.8 Å². The molecule has 10 nitrogen and oxygen atoms in total. The number of anilines is 1. The Morgan fingerprint density at radius 1 is 0.872 bits per heavy atom. The van der Waals surface area contributed by atoms with Crippen LogP contribution < -0.4 is 5.32 Å². The fourth-order valence-electron chi connectivity index (χ4n) is 5.58. The van der Waals surface area contributed by atoms with E-state index in [0.717, 1.165) is 33.0 Å². The van der Waals surface area contributed by atoms with Crippen molar-refractivity contribution in [3.05, 3.63) is 115 Å². The zero-order chi connectivity index (χ0) is 32.5. The highest BCUT2D eigenvalue weighted by Crippen LogP contribution is 2.35. The van der Waals surface area contributed by atoms with E-state index in [1.54, 1.807) is 30.9 Å². The Hall–Kier alpha value is -5.75. The molecule has 3 N–H and O–H groups in total. The number of rotatable bonds is 9. The molecule has 0 radical (unpaired) electrons. The third-order valence-corrected chi connectivity index (χ3v) is 8.75. The minimum atomic E-state index is -3.20. The maximum atomic E-state index is 14.7. The van der Waals surface area contributed by atoms with Gasteiger partial charge in [0.05, 0.1) is 35.4 Å². The molecule has 0 aliphatic heterocycles. The van der Waals surface area contributed by atoms with E-state index in [1.165, 1.54) is 18.4 Å². The second-order valence-electron chi connectivity index (χ2n) is 11.4. The second kappa shape index (κ2) is 12.2. The molecule has 0 atom stereocenters. The molecule has 0 aliphatic rings. The van der Waals surface area contributed by atoms with Gasteiger partial charge in [0.1, 0.15) is 21.3 Å². The quantitative estimate of drug-likeness (QED) is 0.171. The lowest BCUT2D eigenvalue weighted by Crippen LogP contribution is -2.14. The van der Waals surface area contributed by atoms with Crippen LogP contribution in [-0.2, 0) is 27.5 Å². The summed E-state index contributed by atoms with van der Waals surface area (Å²) in [6, 6.07) is 21.6. The van der Waals surface area contributed by atoms with Crippen LogP contribution in [0, 0.1) is 5.82 Å². The van der Waals surface area contributed by atoms with Crippen LogP contribution in [0.1, 0.15) is 11.1 Å². The normalized spacial score (nSPS) is 11.7. The molecule has 0 saturated carbocycles. The summed E-state index contributed by atoms with van der Waals surface area (Å²) in [5, 5.41) is 11.9. The van der Waals surface area contributed by atoms with Gasteiger partial charge in [0.25, 0.3) is 0 Å². The molecule has 5 aromatic heterocycles. The van der Waals surface area contributed by atoms with Crippen molar-refractivity contribution in [2.75, 3.05) is 17.3 Å². The van der Waals surface area contributed by atoms with E-state index >= 15 is 0 Å². The number of benzene rings is 2. The SMILES string of the molecule is CS(=O)(=O)CCc1cc(F)cc(-c2ccnc3[nH]c(-c4[nH]nc5ncc(-c6cncc(NC(=O)Cc7ccccc7)c6)cc45)cc23)c1. The number of halogens is 1. The van der Waals surface area contributed by atoms with Crippen LogP contribution in [0.3, 0.4) is 0 Å². The number of sulfone groups is 1. The minimum absolute atomic E-state index is 0.0673. The number of hydrogen-bond acceptors (Lipinski definition) is 7. The lowest BCUT2D eigenvalue weighted by molar-refractivity contribution is -0.115. The highest BCUT2D eigenvalue weighted by atomic mass is 32.2. The van der Waals surface area contributed by atoms with Gasteiger partial charge in [-0.15, -0.1) is 0 Å².